The van der Waals surface area contributed by atoms with Crippen molar-refractivity contribution in [2.75, 3.05) is 11.9 Å². The van der Waals surface area contributed by atoms with Crippen molar-refractivity contribution < 1.29 is 9.59 Å². The van der Waals surface area contributed by atoms with Crippen LogP contribution in [0.25, 0.3) is 5.65 Å². The van der Waals surface area contributed by atoms with E-state index in [2.05, 4.69) is 15.4 Å². The van der Waals surface area contributed by atoms with E-state index in [-0.39, 0.29) is 17.9 Å². The number of anilines is 1. The quantitative estimate of drug-likeness (QED) is 0.682. The fraction of sp³-hybridized carbons (Fsp3) is 0.263. The Labute approximate surface area is 157 Å². The molecule has 3 heterocycles. The van der Waals surface area contributed by atoms with Gasteiger partial charge in [-0.1, -0.05) is 17.6 Å². The normalized spacial score (nSPS) is 16.2. The van der Waals surface area contributed by atoms with Gasteiger partial charge in [-0.05, 0) is 30.5 Å². The molecular formula is C19H20BN5O2. The van der Waals surface area contributed by atoms with Crippen LogP contribution in [0.4, 0.5) is 5.69 Å². The maximum absolute atomic E-state index is 13.1. The first-order valence-corrected chi connectivity index (χ1v) is 8.96. The molecule has 0 bridgehead atoms. The molecule has 0 spiro atoms. The predicted molar refractivity (Wildman–Crippen MR) is 105 cm³/mol. The lowest BCUT2D eigenvalue weighted by atomic mass is 9.91. The minimum atomic E-state index is -0.110. The first-order chi connectivity index (χ1) is 12.9. The van der Waals surface area contributed by atoms with Gasteiger partial charge in [-0.3, -0.25) is 9.59 Å². The fourth-order valence-electron chi connectivity index (χ4n) is 3.67. The van der Waals surface area contributed by atoms with Crippen LogP contribution < -0.4 is 10.8 Å². The Balaban J connectivity index is 1.65. The van der Waals surface area contributed by atoms with E-state index in [1.54, 1.807) is 16.8 Å². The van der Waals surface area contributed by atoms with Gasteiger partial charge in [-0.2, -0.15) is 5.10 Å². The molecular weight excluding hydrogens is 341 g/mol. The van der Waals surface area contributed by atoms with E-state index in [4.69, 9.17) is 0 Å². The van der Waals surface area contributed by atoms with Crippen molar-refractivity contribution >= 4 is 36.5 Å². The zero-order valence-electron chi connectivity index (χ0n) is 15.6. The van der Waals surface area contributed by atoms with Gasteiger partial charge in [0.05, 0.1) is 6.04 Å². The minimum absolute atomic E-state index is 0.0953. The van der Waals surface area contributed by atoms with Crippen molar-refractivity contribution in [2.45, 2.75) is 26.3 Å². The van der Waals surface area contributed by atoms with Gasteiger partial charge in [0.25, 0.3) is 5.91 Å². The van der Waals surface area contributed by atoms with Crippen LogP contribution in [-0.4, -0.2) is 45.7 Å². The predicted octanol–water partition coefficient (Wildman–Crippen LogP) is 0.706. The molecule has 0 aliphatic carbocycles. The van der Waals surface area contributed by atoms with Crippen LogP contribution in [0.5, 0.6) is 0 Å². The molecule has 7 nitrogen and oxygen atoms in total. The Bertz CT molecular complexity index is 1060. The summed E-state index contributed by atoms with van der Waals surface area (Å²) in [5.74, 6) is -0.205. The van der Waals surface area contributed by atoms with Gasteiger partial charge in [0.1, 0.15) is 7.85 Å². The molecule has 2 amide bonds. The first-order valence-electron chi connectivity index (χ1n) is 8.96. The zero-order valence-corrected chi connectivity index (χ0v) is 15.6. The molecule has 0 saturated carbocycles. The topological polar surface area (TPSA) is 79.6 Å². The highest BCUT2D eigenvalue weighted by molar-refractivity contribution is 6.31. The Hall–Kier alpha value is -3.16. The molecule has 136 valence electrons. The summed E-state index contributed by atoms with van der Waals surface area (Å²) in [6, 6.07) is 7.44. The Morgan fingerprint density at radius 2 is 2.15 bits per heavy atom. The van der Waals surface area contributed by atoms with E-state index in [9.17, 15) is 9.59 Å². The second-order valence-electron chi connectivity index (χ2n) is 6.94. The van der Waals surface area contributed by atoms with Crippen LogP contribution in [-0.2, 0) is 11.2 Å². The Kier molecular flexibility index (Phi) is 4.18. The molecule has 0 fully saturated rings. The number of benzene rings is 1. The smallest absolute Gasteiger partial charge is 0.274 e. The molecule has 0 saturated heterocycles. The Morgan fingerprint density at radius 1 is 1.33 bits per heavy atom. The van der Waals surface area contributed by atoms with Gasteiger partial charge in [0.15, 0.2) is 11.3 Å². The van der Waals surface area contributed by atoms with Gasteiger partial charge in [0.2, 0.25) is 5.91 Å². The third-order valence-corrected chi connectivity index (χ3v) is 4.97. The lowest BCUT2D eigenvalue weighted by Gasteiger charge is -2.35. The Morgan fingerprint density at radius 3 is 2.93 bits per heavy atom. The first kappa shape index (κ1) is 17.3. The summed E-state index contributed by atoms with van der Waals surface area (Å²) in [5, 5.41) is 7.29. The van der Waals surface area contributed by atoms with E-state index in [0.29, 0.717) is 24.3 Å². The number of hydrogen-bond acceptors (Lipinski definition) is 4. The highest BCUT2D eigenvalue weighted by Gasteiger charge is 2.30. The van der Waals surface area contributed by atoms with Crippen molar-refractivity contribution in [3.05, 3.63) is 53.5 Å². The summed E-state index contributed by atoms with van der Waals surface area (Å²) in [5.41, 5.74) is 5.00. The highest BCUT2D eigenvalue weighted by Crippen LogP contribution is 2.34. The number of amides is 2. The average molecular weight is 361 g/mol. The summed E-state index contributed by atoms with van der Waals surface area (Å²) in [7, 11) is 1.94. The second kappa shape index (κ2) is 6.53. The number of carbonyl (C=O) groups excluding carboxylic acids is 2. The number of hydrogen-bond donors (Lipinski definition) is 1. The van der Waals surface area contributed by atoms with Crippen LogP contribution in [0.3, 0.4) is 0 Å². The number of fused-ring (bicyclic) bond motifs is 2. The molecule has 4 rings (SSSR count). The van der Waals surface area contributed by atoms with Gasteiger partial charge in [-0.15, -0.1) is 0 Å². The maximum Gasteiger partial charge on any atom is 0.274 e. The fourth-order valence-corrected chi connectivity index (χ4v) is 3.67. The summed E-state index contributed by atoms with van der Waals surface area (Å²) in [6.45, 7) is 4.08. The van der Waals surface area contributed by atoms with Crippen LogP contribution in [0.1, 0.15) is 41.5 Å². The summed E-state index contributed by atoms with van der Waals surface area (Å²) in [4.78, 5) is 30.7. The second-order valence-corrected chi connectivity index (χ2v) is 6.94. The molecule has 1 aliphatic heterocycles. The van der Waals surface area contributed by atoms with Gasteiger partial charge in [-0.25, -0.2) is 9.50 Å². The maximum atomic E-state index is 13.1. The van der Waals surface area contributed by atoms with Crippen molar-refractivity contribution in [2.24, 2.45) is 0 Å². The number of nitrogens with one attached hydrogen (secondary N) is 1. The van der Waals surface area contributed by atoms with Gasteiger partial charge < -0.3 is 10.2 Å². The van der Waals surface area contributed by atoms with Crippen LogP contribution >= 0.6 is 0 Å². The van der Waals surface area contributed by atoms with E-state index >= 15 is 0 Å². The third-order valence-electron chi connectivity index (χ3n) is 4.97. The van der Waals surface area contributed by atoms with Crippen molar-refractivity contribution in [3.8, 4) is 0 Å². The summed E-state index contributed by atoms with van der Waals surface area (Å²) in [6.07, 6.45) is 4.30. The number of rotatable bonds is 2. The molecule has 1 aliphatic rings. The molecule has 1 N–H and O–H groups in total. The molecule has 1 unspecified atom stereocenters. The van der Waals surface area contributed by atoms with Crippen molar-refractivity contribution in [3.63, 3.8) is 0 Å². The molecule has 2 aromatic heterocycles. The van der Waals surface area contributed by atoms with Crippen molar-refractivity contribution in [1.82, 2.24) is 19.5 Å². The van der Waals surface area contributed by atoms with E-state index < -0.39 is 0 Å². The number of aromatic nitrogens is 3. The molecule has 3 aromatic rings. The van der Waals surface area contributed by atoms with E-state index in [0.717, 1.165) is 22.3 Å². The molecule has 0 radical (unpaired) electrons. The zero-order chi connectivity index (χ0) is 19.1. The molecule has 1 atom stereocenters. The minimum Gasteiger partial charge on any atom is -0.330 e. The average Bonchev–Trinajstić information content (AvgIpc) is 3.05. The van der Waals surface area contributed by atoms with Crippen molar-refractivity contribution in [1.29, 1.82) is 0 Å². The molecule has 8 heteroatoms. The number of nitrogens with zero attached hydrogens (tertiary/aromatic N) is 4. The van der Waals surface area contributed by atoms with Gasteiger partial charge >= 0.3 is 0 Å². The highest BCUT2D eigenvalue weighted by atomic mass is 16.2. The lowest BCUT2D eigenvalue weighted by Crippen LogP contribution is -2.39. The third kappa shape index (κ3) is 3.07. The SMILES string of the molecule is Bc1cnc2cc(C(=O)N3CCc4c(NC(C)=O)cccc4C3C)nn2c1. The van der Waals surface area contributed by atoms with Crippen LogP contribution in [0.15, 0.2) is 36.7 Å². The monoisotopic (exact) mass is 361 g/mol. The molecule has 1 aromatic carbocycles. The molecule has 27 heavy (non-hydrogen) atoms. The van der Waals surface area contributed by atoms with E-state index in [1.807, 2.05) is 44.1 Å². The summed E-state index contributed by atoms with van der Waals surface area (Å²) < 4.78 is 1.64. The van der Waals surface area contributed by atoms with E-state index in [1.165, 1.54) is 6.92 Å². The van der Waals surface area contributed by atoms with Crippen LogP contribution in [0.2, 0.25) is 0 Å². The largest absolute Gasteiger partial charge is 0.330 e. The number of carbonyl (C=O) groups is 2. The summed E-state index contributed by atoms with van der Waals surface area (Å²) >= 11 is 0. The van der Waals surface area contributed by atoms with Gasteiger partial charge in [0, 0.05) is 37.6 Å². The van der Waals surface area contributed by atoms with Crippen LogP contribution in [0, 0.1) is 0 Å². The standard InChI is InChI=1S/C19H20BN5O2/c1-11-14-4-3-5-16(22-12(2)26)15(14)6-7-24(11)19(27)17-8-18-21-9-13(20)10-25(18)23-17/h3-5,8-11H,6-7,20H2,1-2H3,(H,22,26). The lowest BCUT2D eigenvalue weighted by molar-refractivity contribution is -0.114.